The maximum atomic E-state index is 12.5. The Balaban J connectivity index is 2.11. The number of nitrogen functional groups attached to an aromatic ring is 1. The summed E-state index contributed by atoms with van der Waals surface area (Å²) >= 11 is 0. The van der Waals surface area contributed by atoms with Gasteiger partial charge in [0.15, 0.2) is 6.61 Å². The molecular weight excluding hydrogens is 336 g/mol. The molecule has 2 aromatic carbocycles. The van der Waals surface area contributed by atoms with Crippen LogP contribution in [-0.2, 0) is 9.53 Å². The standard InChI is InChI=1S/C19H22N2O5/c1-4-25-19(23)16-10-5-13(20)11-17(16)21(2)18(22)12-26-15-8-6-14(24-3)7-9-15/h5-11H,4,12,20H2,1-3H3. The second kappa shape index (κ2) is 8.75. The predicted molar refractivity (Wildman–Crippen MR) is 98.7 cm³/mol. The SMILES string of the molecule is CCOC(=O)c1ccc(N)cc1N(C)C(=O)COc1ccc(OC)cc1. The average molecular weight is 358 g/mol. The van der Waals surface area contributed by atoms with Crippen molar-refractivity contribution in [2.75, 3.05) is 38.0 Å². The lowest BCUT2D eigenvalue weighted by molar-refractivity contribution is -0.120. The van der Waals surface area contributed by atoms with E-state index in [9.17, 15) is 9.59 Å². The minimum atomic E-state index is -0.516. The summed E-state index contributed by atoms with van der Waals surface area (Å²) in [4.78, 5) is 25.9. The Labute approximate surface area is 152 Å². The smallest absolute Gasteiger partial charge is 0.340 e. The fraction of sp³-hybridized carbons (Fsp3) is 0.263. The number of carbonyl (C=O) groups excluding carboxylic acids is 2. The van der Waals surface area contributed by atoms with Gasteiger partial charge in [-0.3, -0.25) is 4.79 Å². The summed E-state index contributed by atoms with van der Waals surface area (Å²) in [5, 5.41) is 0. The van der Waals surface area contributed by atoms with Crippen LogP contribution in [0.4, 0.5) is 11.4 Å². The molecule has 0 aromatic heterocycles. The van der Waals surface area contributed by atoms with Crippen LogP contribution < -0.4 is 20.1 Å². The fourth-order valence-electron chi connectivity index (χ4n) is 2.26. The monoisotopic (exact) mass is 358 g/mol. The van der Waals surface area contributed by atoms with Crippen molar-refractivity contribution in [2.24, 2.45) is 0 Å². The number of methoxy groups -OCH3 is 1. The van der Waals surface area contributed by atoms with Crippen molar-refractivity contribution in [1.29, 1.82) is 0 Å². The zero-order valence-corrected chi connectivity index (χ0v) is 15.0. The molecule has 2 N–H and O–H groups in total. The Morgan fingerprint density at radius 1 is 1.08 bits per heavy atom. The Morgan fingerprint density at radius 3 is 2.35 bits per heavy atom. The normalized spacial score (nSPS) is 10.1. The van der Waals surface area contributed by atoms with Crippen LogP contribution in [0.5, 0.6) is 11.5 Å². The largest absolute Gasteiger partial charge is 0.497 e. The zero-order valence-electron chi connectivity index (χ0n) is 15.0. The van der Waals surface area contributed by atoms with Crippen LogP contribution >= 0.6 is 0 Å². The van der Waals surface area contributed by atoms with E-state index in [2.05, 4.69) is 0 Å². The molecule has 1 amide bonds. The van der Waals surface area contributed by atoms with Gasteiger partial charge in [-0.15, -0.1) is 0 Å². The van der Waals surface area contributed by atoms with Gasteiger partial charge in [-0.2, -0.15) is 0 Å². The van der Waals surface area contributed by atoms with E-state index >= 15 is 0 Å². The van der Waals surface area contributed by atoms with Crippen LogP contribution in [0.3, 0.4) is 0 Å². The Bertz CT molecular complexity index is 774. The Morgan fingerprint density at radius 2 is 1.73 bits per heavy atom. The van der Waals surface area contributed by atoms with Crippen molar-refractivity contribution in [3.8, 4) is 11.5 Å². The molecule has 0 atom stereocenters. The molecule has 0 heterocycles. The van der Waals surface area contributed by atoms with Crippen LogP contribution in [0, 0.1) is 0 Å². The maximum Gasteiger partial charge on any atom is 0.340 e. The van der Waals surface area contributed by atoms with Crippen molar-refractivity contribution in [3.63, 3.8) is 0 Å². The number of anilines is 2. The first kappa shape index (κ1) is 19.1. The van der Waals surface area contributed by atoms with Crippen molar-refractivity contribution in [1.82, 2.24) is 0 Å². The zero-order chi connectivity index (χ0) is 19.1. The van der Waals surface area contributed by atoms with E-state index in [1.165, 1.54) is 11.0 Å². The van der Waals surface area contributed by atoms with E-state index in [0.29, 0.717) is 22.9 Å². The quantitative estimate of drug-likeness (QED) is 0.604. The molecule has 0 bridgehead atoms. The molecule has 0 fully saturated rings. The number of hydrogen-bond acceptors (Lipinski definition) is 6. The van der Waals surface area contributed by atoms with Crippen LogP contribution in [0.15, 0.2) is 42.5 Å². The van der Waals surface area contributed by atoms with E-state index in [1.54, 1.807) is 57.5 Å². The third-order valence-corrected chi connectivity index (χ3v) is 3.67. The molecular formula is C19H22N2O5. The highest BCUT2D eigenvalue weighted by atomic mass is 16.5. The highest BCUT2D eigenvalue weighted by Gasteiger charge is 2.20. The lowest BCUT2D eigenvalue weighted by Gasteiger charge is -2.20. The van der Waals surface area contributed by atoms with Gasteiger partial charge < -0.3 is 24.8 Å². The highest BCUT2D eigenvalue weighted by molar-refractivity contribution is 6.03. The molecule has 0 radical (unpaired) electrons. The van der Waals surface area contributed by atoms with Gasteiger partial charge in [0.05, 0.1) is 25.0 Å². The molecule has 7 heteroatoms. The van der Waals surface area contributed by atoms with Crippen LogP contribution in [-0.4, -0.2) is 39.2 Å². The molecule has 0 aliphatic rings. The number of hydrogen-bond donors (Lipinski definition) is 1. The first-order valence-corrected chi connectivity index (χ1v) is 8.06. The van der Waals surface area contributed by atoms with Gasteiger partial charge in [-0.1, -0.05) is 0 Å². The summed E-state index contributed by atoms with van der Waals surface area (Å²) in [6.45, 7) is 1.76. The second-order valence-electron chi connectivity index (χ2n) is 5.41. The molecule has 2 rings (SSSR count). The van der Waals surface area contributed by atoms with Crippen molar-refractivity contribution in [2.45, 2.75) is 6.92 Å². The molecule has 7 nitrogen and oxygen atoms in total. The fourth-order valence-corrected chi connectivity index (χ4v) is 2.26. The third kappa shape index (κ3) is 4.66. The summed E-state index contributed by atoms with van der Waals surface area (Å²) in [6, 6.07) is 11.6. The summed E-state index contributed by atoms with van der Waals surface area (Å²) in [5.74, 6) is 0.376. The minimum Gasteiger partial charge on any atom is -0.497 e. The van der Waals surface area contributed by atoms with Gasteiger partial charge >= 0.3 is 5.97 Å². The lowest BCUT2D eigenvalue weighted by Crippen LogP contribution is -2.32. The highest BCUT2D eigenvalue weighted by Crippen LogP contribution is 2.24. The lowest BCUT2D eigenvalue weighted by atomic mass is 10.1. The molecule has 138 valence electrons. The van der Waals surface area contributed by atoms with Crippen molar-refractivity contribution in [3.05, 3.63) is 48.0 Å². The van der Waals surface area contributed by atoms with Gasteiger partial charge in [-0.05, 0) is 49.4 Å². The first-order chi connectivity index (χ1) is 12.5. The number of likely N-dealkylation sites (N-methyl/N-ethyl adjacent to an activating group) is 1. The average Bonchev–Trinajstić information content (AvgIpc) is 2.65. The molecule has 0 spiro atoms. The first-order valence-electron chi connectivity index (χ1n) is 8.06. The van der Waals surface area contributed by atoms with Crippen molar-refractivity contribution >= 4 is 23.3 Å². The third-order valence-electron chi connectivity index (χ3n) is 3.67. The van der Waals surface area contributed by atoms with Gasteiger partial charge in [0.25, 0.3) is 5.91 Å². The molecule has 0 saturated carbocycles. The van der Waals surface area contributed by atoms with E-state index in [0.717, 1.165) is 0 Å². The second-order valence-corrected chi connectivity index (χ2v) is 5.41. The minimum absolute atomic E-state index is 0.195. The maximum absolute atomic E-state index is 12.5. The molecule has 2 aromatic rings. The van der Waals surface area contributed by atoms with Crippen molar-refractivity contribution < 1.29 is 23.8 Å². The van der Waals surface area contributed by atoms with Gasteiger partial charge in [0.2, 0.25) is 0 Å². The topological polar surface area (TPSA) is 91.1 Å². The van der Waals surface area contributed by atoms with Crippen LogP contribution in [0.25, 0.3) is 0 Å². The van der Waals surface area contributed by atoms with E-state index in [-0.39, 0.29) is 24.7 Å². The summed E-state index contributed by atoms with van der Waals surface area (Å²) in [5.41, 5.74) is 6.87. The van der Waals surface area contributed by atoms with Crippen LogP contribution in [0.1, 0.15) is 17.3 Å². The van der Waals surface area contributed by atoms with Gasteiger partial charge in [-0.25, -0.2) is 4.79 Å². The summed E-state index contributed by atoms with van der Waals surface area (Å²) < 4.78 is 15.6. The number of rotatable bonds is 7. The molecule has 0 aliphatic heterocycles. The van der Waals surface area contributed by atoms with Gasteiger partial charge in [0.1, 0.15) is 11.5 Å². The predicted octanol–water partition coefficient (Wildman–Crippen LogP) is 2.50. The van der Waals surface area contributed by atoms with E-state index in [1.807, 2.05) is 0 Å². The number of nitrogens with zero attached hydrogens (tertiary/aromatic N) is 1. The number of amides is 1. The molecule has 0 aliphatic carbocycles. The van der Waals surface area contributed by atoms with Gasteiger partial charge in [0, 0.05) is 12.7 Å². The molecule has 26 heavy (non-hydrogen) atoms. The summed E-state index contributed by atoms with van der Waals surface area (Å²) in [6.07, 6.45) is 0. The number of carbonyl (C=O) groups is 2. The number of ether oxygens (including phenoxy) is 3. The number of nitrogens with two attached hydrogens (primary N) is 1. The molecule has 0 saturated heterocycles. The van der Waals surface area contributed by atoms with Crippen LogP contribution in [0.2, 0.25) is 0 Å². The Kier molecular flexibility index (Phi) is 6.43. The number of benzene rings is 2. The number of esters is 1. The molecule has 0 unspecified atom stereocenters. The Hall–Kier alpha value is -3.22. The van der Waals surface area contributed by atoms with E-state index in [4.69, 9.17) is 19.9 Å². The summed E-state index contributed by atoms with van der Waals surface area (Å²) in [7, 11) is 3.12. The van der Waals surface area contributed by atoms with E-state index < -0.39 is 5.97 Å².